The largest absolute Gasteiger partial charge is 0.311 e. The molecule has 0 atom stereocenters. The second-order valence-electron chi connectivity index (χ2n) is 4.71. The highest BCUT2D eigenvalue weighted by Gasteiger charge is 2.11. The van der Waals surface area contributed by atoms with Gasteiger partial charge in [0.15, 0.2) is 0 Å². The van der Waals surface area contributed by atoms with Gasteiger partial charge in [-0.15, -0.1) is 0 Å². The summed E-state index contributed by atoms with van der Waals surface area (Å²) in [5.74, 6) is 0. The smallest absolute Gasteiger partial charge is 0.0461 e. The van der Waals surface area contributed by atoms with Crippen LogP contribution in [0.2, 0.25) is 0 Å². The normalized spacial score (nSPS) is 12.0. The van der Waals surface area contributed by atoms with Gasteiger partial charge < -0.3 is 4.90 Å². The first-order valence-electron chi connectivity index (χ1n) is 7.39. The summed E-state index contributed by atoms with van der Waals surface area (Å²) in [6, 6.07) is 20.6. The zero-order chi connectivity index (χ0) is 15.6. The number of nitrogens with zero attached hydrogens (tertiary/aromatic N) is 1. The number of benzene rings is 2. The lowest BCUT2D eigenvalue weighted by Crippen LogP contribution is -2.14. The molecule has 0 spiro atoms. The summed E-state index contributed by atoms with van der Waals surface area (Å²) in [7, 11) is 0. The lowest BCUT2D eigenvalue weighted by Gasteiger charge is -2.26. The third-order valence-corrected chi connectivity index (χ3v) is 3.18. The Bertz CT molecular complexity index is 624. The van der Waals surface area contributed by atoms with Gasteiger partial charge in [-0.05, 0) is 43.3 Å². The summed E-state index contributed by atoms with van der Waals surface area (Å²) in [6.45, 7) is 5.97. The van der Waals surface area contributed by atoms with E-state index < -0.39 is 0 Å². The summed E-state index contributed by atoms with van der Waals surface area (Å²) in [4.78, 5) is 2.19. The van der Waals surface area contributed by atoms with Crippen molar-refractivity contribution < 1.29 is 0 Å². The standard InChI is InChI=1S/C21H21N/c1-3-5-6-9-14-19(4-2)22(20-15-10-7-11-16-20)21-17-12-8-13-18-21/h3-18H,2H2,1H3/b5-3+,9-6+,19-14+. The Kier molecular flexibility index (Phi) is 6.01. The van der Waals surface area contributed by atoms with Gasteiger partial charge in [0.05, 0.1) is 0 Å². The molecule has 0 aliphatic carbocycles. The molecule has 0 aliphatic rings. The minimum Gasteiger partial charge on any atom is -0.311 e. The van der Waals surface area contributed by atoms with Crippen molar-refractivity contribution in [2.75, 3.05) is 4.90 Å². The van der Waals surface area contributed by atoms with E-state index in [0.29, 0.717) is 0 Å². The van der Waals surface area contributed by atoms with Crippen LogP contribution in [0, 0.1) is 0 Å². The topological polar surface area (TPSA) is 3.24 Å². The maximum Gasteiger partial charge on any atom is 0.0461 e. The molecule has 0 saturated heterocycles. The second-order valence-corrected chi connectivity index (χ2v) is 4.71. The molecule has 1 heteroatoms. The molecule has 22 heavy (non-hydrogen) atoms. The van der Waals surface area contributed by atoms with Gasteiger partial charge in [-0.25, -0.2) is 0 Å². The molecule has 0 aliphatic heterocycles. The van der Waals surface area contributed by atoms with Gasteiger partial charge in [-0.3, -0.25) is 0 Å². The molecule has 0 unspecified atom stereocenters. The predicted molar refractivity (Wildman–Crippen MR) is 97.3 cm³/mol. The van der Waals surface area contributed by atoms with E-state index in [0.717, 1.165) is 17.1 Å². The van der Waals surface area contributed by atoms with Gasteiger partial charge in [0.1, 0.15) is 0 Å². The van der Waals surface area contributed by atoms with E-state index in [9.17, 15) is 0 Å². The van der Waals surface area contributed by atoms with Crippen molar-refractivity contribution in [3.63, 3.8) is 0 Å². The van der Waals surface area contributed by atoms with Crippen LogP contribution >= 0.6 is 0 Å². The lowest BCUT2D eigenvalue weighted by atomic mass is 10.2. The van der Waals surface area contributed by atoms with Crippen molar-refractivity contribution in [2.45, 2.75) is 6.92 Å². The molecule has 0 heterocycles. The predicted octanol–water partition coefficient (Wildman–Crippen LogP) is 6.03. The van der Waals surface area contributed by atoms with Crippen LogP contribution in [0.4, 0.5) is 11.4 Å². The zero-order valence-corrected chi connectivity index (χ0v) is 12.9. The Morgan fingerprint density at radius 3 is 1.82 bits per heavy atom. The molecule has 0 amide bonds. The molecule has 110 valence electrons. The molecular formula is C21H21N. The number of hydrogen-bond acceptors (Lipinski definition) is 1. The van der Waals surface area contributed by atoms with Crippen molar-refractivity contribution in [1.82, 2.24) is 0 Å². The Morgan fingerprint density at radius 1 is 0.818 bits per heavy atom. The Labute approximate surface area is 133 Å². The molecule has 0 bridgehead atoms. The SMILES string of the molecule is C=C\C(=C/C=C/C=C/C)N(c1ccccc1)c1ccccc1. The number of allylic oxidation sites excluding steroid dienone is 6. The van der Waals surface area contributed by atoms with E-state index in [1.54, 1.807) is 0 Å². The van der Waals surface area contributed by atoms with Crippen molar-refractivity contribution in [2.24, 2.45) is 0 Å². The Balaban J connectivity index is 2.46. The summed E-state index contributed by atoms with van der Waals surface area (Å²) < 4.78 is 0. The van der Waals surface area contributed by atoms with Crippen LogP contribution in [0.5, 0.6) is 0 Å². The molecule has 2 rings (SSSR count). The van der Waals surface area contributed by atoms with Crippen LogP contribution in [-0.4, -0.2) is 0 Å². The first-order chi connectivity index (χ1) is 10.9. The summed E-state index contributed by atoms with van der Waals surface area (Å²) in [6.07, 6.45) is 12.0. The van der Waals surface area contributed by atoms with Gasteiger partial charge in [0, 0.05) is 17.1 Å². The molecule has 0 radical (unpaired) electrons. The number of rotatable bonds is 6. The fourth-order valence-corrected chi connectivity index (χ4v) is 2.16. The van der Waals surface area contributed by atoms with Crippen molar-refractivity contribution >= 4 is 11.4 Å². The van der Waals surface area contributed by atoms with E-state index in [-0.39, 0.29) is 0 Å². The van der Waals surface area contributed by atoms with Crippen LogP contribution in [0.15, 0.2) is 109 Å². The van der Waals surface area contributed by atoms with E-state index >= 15 is 0 Å². The fourth-order valence-electron chi connectivity index (χ4n) is 2.16. The molecule has 0 saturated carbocycles. The Morgan fingerprint density at radius 2 is 1.36 bits per heavy atom. The highest BCUT2D eigenvalue weighted by Crippen LogP contribution is 2.29. The van der Waals surface area contributed by atoms with Gasteiger partial charge in [0.25, 0.3) is 0 Å². The number of anilines is 2. The fraction of sp³-hybridized carbons (Fsp3) is 0.0476. The van der Waals surface area contributed by atoms with E-state index in [4.69, 9.17) is 0 Å². The molecule has 1 nitrogen and oxygen atoms in total. The van der Waals surface area contributed by atoms with Gasteiger partial charge in [-0.2, -0.15) is 0 Å². The number of para-hydroxylation sites is 2. The quantitative estimate of drug-likeness (QED) is 0.586. The highest BCUT2D eigenvalue weighted by molar-refractivity contribution is 5.70. The van der Waals surface area contributed by atoms with E-state index in [1.807, 2.05) is 73.7 Å². The van der Waals surface area contributed by atoms with E-state index in [1.165, 1.54) is 0 Å². The first kappa shape index (κ1) is 15.6. The molecule has 2 aromatic carbocycles. The third kappa shape index (κ3) is 4.10. The molecule has 0 aromatic heterocycles. The van der Waals surface area contributed by atoms with Crippen LogP contribution < -0.4 is 4.90 Å². The average molecular weight is 287 g/mol. The van der Waals surface area contributed by atoms with Gasteiger partial charge in [0.2, 0.25) is 0 Å². The monoisotopic (exact) mass is 287 g/mol. The van der Waals surface area contributed by atoms with Crippen LogP contribution in [-0.2, 0) is 0 Å². The minimum absolute atomic E-state index is 1.03. The zero-order valence-electron chi connectivity index (χ0n) is 12.9. The van der Waals surface area contributed by atoms with Crippen molar-refractivity contribution in [1.29, 1.82) is 0 Å². The number of hydrogen-bond donors (Lipinski definition) is 0. The van der Waals surface area contributed by atoms with Gasteiger partial charge in [-0.1, -0.05) is 67.3 Å². The average Bonchev–Trinajstić information content (AvgIpc) is 2.59. The minimum atomic E-state index is 1.03. The van der Waals surface area contributed by atoms with Crippen LogP contribution in [0.3, 0.4) is 0 Å². The molecular weight excluding hydrogens is 266 g/mol. The first-order valence-corrected chi connectivity index (χ1v) is 7.39. The molecule has 0 fully saturated rings. The summed E-state index contributed by atoms with van der Waals surface area (Å²) in [5.41, 5.74) is 3.25. The Hall–Kier alpha value is -2.80. The lowest BCUT2D eigenvalue weighted by molar-refractivity contribution is 1.21. The molecule has 0 N–H and O–H groups in total. The summed E-state index contributed by atoms with van der Waals surface area (Å²) >= 11 is 0. The maximum atomic E-state index is 3.97. The second kappa shape index (κ2) is 8.48. The highest BCUT2D eigenvalue weighted by atomic mass is 15.1. The van der Waals surface area contributed by atoms with Gasteiger partial charge >= 0.3 is 0 Å². The summed E-state index contributed by atoms with van der Waals surface area (Å²) in [5, 5.41) is 0. The molecule has 2 aromatic rings. The van der Waals surface area contributed by atoms with E-state index in [2.05, 4.69) is 41.8 Å². The van der Waals surface area contributed by atoms with Crippen molar-refractivity contribution in [3.8, 4) is 0 Å². The maximum absolute atomic E-state index is 3.97. The van der Waals surface area contributed by atoms with Crippen LogP contribution in [0.1, 0.15) is 6.92 Å². The third-order valence-electron chi connectivity index (χ3n) is 3.18. The van der Waals surface area contributed by atoms with Crippen LogP contribution in [0.25, 0.3) is 0 Å². The van der Waals surface area contributed by atoms with Crippen molar-refractivity contribution in [3.05, 3.63) is 109 Å².